The van der Waals surface area contributed by atoms with Crippen LogP contribution in [0.25, 0.3) is 0 Å². The Morgan fingerprint density at radius 1 is 1.53 bits per heavy atom. The Balaban J connectivity index is 1.81. The van der Waals surface area contributed by atoms with Gasteiger partial charge in [-0.3, -0.25) is 4.79 Å². The van der Waals surface area contributed by atoms with Crippen LogP contribution in [-0.2, 0) is 9.53 Å². The van der Waals surface area contributed by atoms with Gasteiger partial charge in [-0.15, -0.1) is 0 Å². The summed E-state index contributed by atoms with van der Waals surface area (Å²) in [6, 6.07) is 0.406. The SMILES string of the molecule is O=C(CC1COCCN1)N1CCCC1CCO. The average molecular weight is 242 g/mol. The minimum atomic E-state index is 0.159. The third-order valence-corrected chi connectivity index (χ3v) is 3.58. The van der Waals surface area contributed by atoms with Gasteiger partial charge in [-0.25, -0.2) is 0 Å². The van der Waals surface area contributed by atoms with E-state index >= 15 is 0 Å². The first-order valence-corrected chi connectivity index (χ1v) is 6.52. The van der Waals surface area contributed by atoms with Gasteiger partial charge in [0.25, 0.3) is 0 Å². The van der Waals surface area contributed by atoms with Gasteiger partial charge < -0.3 is 20.1 Å². The van der Waals surface area contributed by atoms with Gasteiger partial charge in [-0.1, -0.05) is 0 Å². The van der Waals surface area contributed by atoms with Gasteiger partial charge in [0, 0.05) is 38.2 Å². The number of nitrogens with zero attached hydrogens (tertiary/aromatic N) is 1. The zero-order chi connectivity index (χ0) is 12.1. The molecule has 2 rings (SSSR count). The first-order chi connectivity index (χ1) is 8.31. The van der Waals surface area contributed by atoms with Crippen LogP contribution in [0.3, 0.4) is 0 Å². The molecule has 98 valence electrons. The molecule has 2 N–H and O–H groups in total. The van der Waals surface area contributed by atoms with E-state index in [-0.39, 0.29) is 24.6 Å². The predicted octanol–water partition coefficient (Wildman–Crippen LogP) is -0.262. The summed E-state index contributed by atoms with van der Waals surface area (Å²) in [6.45, 7) is 3.21. The fourth-order valence-electron chi connectivity index (χ4n) is 2.69. The molecule has 5 heteroatoms. The van der Waals surface area contributed by atoms with Gasteiger partial charge in [-0.05, 0) is 19.3 Å². The highest BCUT2D eigenvalue weighted by molar-refractivity contribution is 5.77. The molecule has 0 radical (unpaired) electrons. The van der Waals surface area contributed by atoms with Gasteiger partial charge in [0.15, 0.2) is 0 Å². The van der Waals surface area contributed by atoms with Crippen molar-refractivity contribution >= 4 is 5.91 Å². The number of ether oxygens (including phenoxy) is 1. The van der Waals surface area contributed by atoms with Crippen LogP contribution < -0.4 is 5.32 Å². The lowest BCUT2D eigenvalue weighted by molar-refractivity contribution is -0.133. The molecule has 0 spiro atoms. The van der Waals surface area contributed by atoms with Crippen LogP contribution in [0.4, 0.5) is 0 Å². The lowest BCUT2D eigenvalue weighted by atomic mass is 10.1. The molecule has 2 aliphatic heterocycles. The minimum absolute atomic E-state index is 0.159. The van der Waals surface area contributed by atoms with Crippen LogP contribution in [-0.4, -0.2) is 60.9 Å². The molecule has 0 aromatic heterocycles. The molecule has 0 aliphatic carbocycles. The largest absolute Gasteiger partial charge is 0.396 e. The number of hydrogen-bond acceptors (Lipinski definition) is 4. The molecule has 0 saturated carbocycles. The van der Waals surface area contributed by atoms with Crippen LogP contribution in [0.5, 0.6) is 0 Å². The monoisotopic (exact) mass is 242 g/mol. The highest BCUT2D eigenvalue weighted by atomic mass is 16.5. The van der Waals surface area contributed by atoms with E-state index in [0.29, 0.717) is 19.4 Å². The van der Waals surface area contributed by atoms with E-state index in [9.17, 15) is 4.79 Å². The van der Waals surface area contributed by atoms with E-state index in [0.717, 1.165) is 32.5 Å². The number of carbonyl (C=O) groups excluding carboxylic acids is 1. The maximum absolute atomic E-state index is 12.1. The van der Waals surface area contributed by atoms with Gasteiger partial charge in [0.2, 0.25) is 5.91 Å². The normalized spacial score (nSPS) is 29.6. The summed E-state index contributed by atoms with van der Waals surface area (Å²) >= 11 is 0. The second-order valence-electron chi connectivity index (χ2n) is 4.83. The van der Waals surface area contributed by atoms with Gasteiger partial charge in [0.1, 0.15) is 0 Å². The molecule has 2 saturated heterocycles. The van der Waals surface area contributed by atoms with Crippen molar-refractivity contribution in [1.29, 1.82) is 0 Å². The number of likely N-dealkylation sites (tertiary alicyclic amines) is 1. The van der Waals surface area contributed by atoms with Gasteiger partial charge >= 0.3 is 0 Å². The van der Waals surface area contributed by atoms with Crippen molar-refractivity contribution in [2.75, 3.05) is 32.9 Å². The number of aliphatic hydroxyl groups is 1. The molecule has 0 aromatic rings. The van der Waals surface area contributed by atoms with E-state index in [1.807, 2.05) is 4.90 Å². The molecule has 2 heterocycles. The molecule has 1 amide bonds. The Morgan fingerprint density at radius 3 is 3.12 bits per heavy atom. The number of rotatable bonds is 4. The van der Waals surface area contributed by atoms with E-state index in [1.54, 1.807) is 0 Å². The van der Waals surface area contributed by atoms with E-state index < -0.39 is 0 Å². The number of aliphatic hydroxyl groups excluding tert-OH is 1. The molecule has 2 atom stereocenters. The number of amides is 1. The van der Waals surface area contributed by atoms with Crippen LogP contribution in [0.1, 0.15) is 25.7 Å². The zero-order valence-electron chi connectivity index (χ0n) is 10.2. The van der Waals surface area contributed by atoms with Crippen LogP contribution in [0.2, 0.25) is 0 Å². The van der Waals surface area contributed by atoms with Crippen molar-refractivity contribution in [3.8, 4) is 0 Å². The zero-order valence-corrected chi connectivity index (χ0v) is 10.2. The Morgan fingerprint density at radius 2 is 2.41 bits per heavy atom. The summed E-state index contributed by atoms with van der Waals surface area (Å²) in [5.41, 5.74) is 0. The standard InChI is InChI=1S/C12H22N2O3/c15-6-3-11-2-1-5-14(11)12(16)8-10-9-17-7-4-13-10/h10-11,13,15H,1-9H2. The number of morpholine rings is 1. The smallest absolute Gasteiger partial charge is 0.224 e. The average Bonchev–Trinajstić information content (AvgIpc) is 2.79. The second-order valence-corrected chi connectivity index (χ2v) is 4.83. The van der Waals surface area contributed by atoms with Gasteiger partial charge in [0.05, 0.1) is 13.2 Å². The van der Waals surface area contributed by atoms with Crippen molar-refractivity contribution in [2.45, 2.75) is 37.8 Å². The summed E-state index contributed by atoms with van der Waals surface area (Å²) in [4.78, 5) is 14.1. The molecule has 2 unspecified atom stereocenters. The quantitative estimate of drug-likeness (QED) is 0.713. The summed E-state index contributed by atoms with van der Waals surface area (Å²) in [5, 5.41) is 12.3. The van der Waals surface area contributed by atoms with Crippen molar-refractivity contribution in [3.63, 3.8) is 0 Å². The molecule has 5 nitrogen and oxygen atoms in total. The van der Waals surface area contributed by atoms with Crippen molar-refractivity contribution < 1.29 is 14.6 Å². The summed E-state index contributed by atoms with van der Waals surface area (Å²) in [5.74, 6) is 0.198. The van der Waals surface area contributed by atoms with Crippen molar-refractivity contribution in [1.82, 2.24) is 10.2 Å². The topological polar surface area (TPSA) is 61.8 Å². The lowest BCUT2D eigenvalue weighted by Crippen LogP contribution is -2.46. The minimum Gasteiger partial charge on any atom is -0.396 e. The van der Waals surface area contributed by atoms with Crippen LogP contribution in [0, 0.1) is 0 Å². The number of carbonyl (C=O) groups is 1. The number of hydrogen-bond donors (Lipinski definition) is 2. The summed E-state index contributed by atoms with van der Waals surface area (Å²) < 4.78 is 5.35. The number of nitrogens with one attached hydrogen (secondary N) is 1. The second kappa shape index (κ2) is 6.33. The Hall–Kier alpha value is -0.650. The summed E-state index contributed by atoms with van der Waals surface area (Å²) in [7, 11) is 0. The highest BCUT2D eigenvalue weighted by Gasteiger charge is 2.29. The maximum Gasteiger partial charge on any atom is 0.224 e. The first-order valence-electron chi connectivity index (χ1n) is 6.52. The highest BCUT2D eigenvalue weighted by Crippen LogP contribution is 2.21. The third kappa shape index (κ3) is 3.40. The molecular formula is C12H22N2O3. The maximum atomic E-state index is 12.1. The Kier molecular flexibility index (Phi) is 4.76. The van der Waals surface area contributed by atoms with E-state index in [4.69, 9.17) is 9.84 Å². The Labute approximate surface area is 102 Å². The molecule has 2 fully saturated rings. The van der Waals surface area contributed by atoms with Crippen LogP contribution >= 0.6 is 0 Å². The molecule has 2 aliphatic rings. The predicted molar refractivity (Wildman–Crippen MR) is 63.7 cm³/mol. The van der Waals surface area contributed by atoms with Crippen molar-refractivity contribution in [3.05, 3.63) is 0 Å². The van der Waals surface area contributed by atoms with E-state index in [1.165, 1.54) is 0 Å². The molecule has 0 bridgehead atoms. The van der Waals surface area contributed by atoms with Crippen LogP contribution in [0.15, 0.2) is 0 Å². The fraction of sp³-hybridized carbons (Fsp3) is 0.917. The molecule has 17 heavy (non-hydrogen) atoms. The van der Waals surface area contributed by atoms with E-state index in [2.05, 4.69) is 5.32 Å². The fourth-order valence-corrected chi connectivity index (χ4v) is 2.69. The van der Waals surface area contributed by atoms with Gasteiger partial charge in [-0.2, -0.15) is 0 Å². The first kappa shape index (κ1) is 12.8. The molecular weight excluding hydrogens is 220 g/mol. The van der Waals surface area contributed by atoms with Crippen molar-refractivity contribution in [2.24, 2.45) is 0 Å². The summed E-state index contributed by atoms with van der Waals surface area (Å²) in [6.07, 6.45) is 3.31. The third-order valence-electron chi connectivity index (χ3n) is 3.58. The Bertz CT molecular complexity index is 254. The molecule has 0 aromatic carbocycles. The lowest BCUT2D eigenvalue weighted by Gasteiger charge is -2.28.